The number of nitrogens with zero attached hydrogens (tertiary/aromatic N) is 1. The number of benzene rings is 1. The highest BCUT2D eigenvalue weighted by atomic mass is 16.6. The van der Waals surface area contributed by atoms with E-state index in [1.807, 2.05) is 65.0 Å². The smallest absolute Gasteiger partial charge is 0.410 e. The average molecular weight is 518 g/mol. The molecule has 9 heteroatoms. The molecule has 1 aromatic rings. The van der Waals surface area contributed by atoms with Gasteiger partial charge in [0.05, 0.1) is 6.04 Å². The lowest BCUT2D eigenvalue weighted by atomic mass is 9.93. The Kier molecular flexibility index (Phi) is 11.6. The van der Waals surface area contributed by atoms with Gasteiger partial charge in [-0.25, -0.2) is 4.79 Å². The Morgan fingerprint density at radius 3 is 2.24 bits per heavy atom. The molecule has 0 bridgehead atoms. The monoisotopic (exact) mass is 517 g/mol. The van der Waals surface area contributed by atoms with Gasteiger partial charge in [0, 0.05) is 19.0 Å². The minimum atomic E-state index is -0.849. The third kappa shape index (κ3) is 9.80. The second-order valence-electron chi connectivity index (χ2n) is 10.8. The van der Waals surface area contributed by atoms with Gasteiger partial charge >= 0.3 is 6.09 Å². The topological polar surface area (TPSA) is 125 Å². The minimum Gasteiger partial charge on any atom is -0.444 e. The van der Waals surface area contributed by atoms with Crippen LogP contribution in [0.15, 0.2) is 30.3 Å². The van der Waals surface area contributed by atoms with Crippen LogP contribution in [0.1, 0.15) is 65.9 Å². The summed E-state index contributed by atoms with van der Waals surface area (Å²) >= 11 is 0. The zero-order valence-electron chi connectivity index (χ0n) is 22.8. The molecule has 3 atom stereocenters. The van der Waals surface area contributed by atoms with Gasteiger partial charge in [0.25, 0.3) is 0 Å². The second-order valence-corrected chi connectivity index (χ2v) is 10.8. The van der Waals surface area contributed by atoms with Crippen molar-refractivity contribution in [2.24, 2.45) is 11.8 Å². The normalized spacial score (nSPS) is 16.9. The van der Waals surface area contributed by atoms with Crippen molar-refractivity contribution in [3.63, 3.8) is 0 Å². The van der Waals surface area contributed by atoms with E-state index in [0.29, 0.717) is 45.2 Å². The molecule has 206 valence electrons. The van der Waals surface area contributed by atoms with Gasteiger partial charge < -0.3 is 25.4 Å². The molecule has 1 aliphatic rings. The summed E-state index contributed by atoms with van der Waals surface area (Å²) in [7, 11) is 0. The third-order valence-electron chi connectivity index (χ3n) is 6.74. The zero-order chi connectivity index (χ0) is 27.6. The molecule has 0 spiro atoms. The van der Waals surface area contributed by atoms with Gasteiger partial charge in [-0.15, -0.1) is 0 Å². The molecule has 0 aliphatic carbocycles. The Morgan fingerprint density at radius 2 is 1.70 bits per heavy atom. The first-order chi connectivity index (χ1) is 17.4. The number of ether oxygens (including phenoxy) is 1. The van der Waals surface area contributed by atoms with E-state index in [0.717, 1.165) is 5.56 Å². The van der Waals surface area contributed by atoms with Gasteiger partial charge in [-0.3, -0.25) is 14.4 Å². The van der Waals surface area contributed by atoms with E-state index in [1.54, 1.807) is 4.90 Å². The first-order valence-corrected chi connectivity index (χ1v) is 13.2. The van der Waals surface area contributed by atoms with Crippen molar-refractivity contribution >= 4 is 23.7 Å². The summed E-state index contributed by atoms with van der Waals surface area (Å²) in [5.74, 6) is -1.63. The fraction of sp³-hybridized carbons (Fsp3) is 0.643. The van der Waals surface area contributed by atoms with Gasteiger partial charge in [-0.1, -0.05) is 50.6 Å². The summed E-state index contributed by atoms with van der Waals surface area (Å²) in [6, 6.07) is 7.94. The molecule has 2 rings (SSSR count). The number of likely N-dealkylation sites (tertiary alicyclic amines) is 1. The molecule has 1 saturated heterocycles. The summed E-state index contributed by atoms with van der Waals surface area (Å²) in [6.07, 6.45) is 2.12. The number of hydrogen-bond donors (Lipinski definition) is 3. The van der Waals surface area contributed by atoms with Crippen LogP contribution < -0.4 is 10.6 Å². The van der Waals surface area contributed by atoms with Crippen LogP contribution in [0.2, 0.25) is 0 Å². The molecule has 2 unspecified atom stereocenters. The number of Topliss-reactive ketones (excluding diaryl/α,β-unsaturated/α-hetero) is 1. The molecule has 3 N–H and O–H groups in total. The molecule has 37 heavy (non-hydrogen) atoms. The van der Waals surface area contributed by atoms with Crippen LogP contribution in [0, 0.1) is 11.8 Å². The maximum Gasteiger partial charge on any atom is 0.410 e. The number of carbonyl (C=O) groups excluding carboxylic acids is 4. The maximum atomic E-state index is 13.2. The number of piperidine rings is 1. The number of carbonyl (C=O) groups is 4. The Morgan fingerprint density at radius 1 is 1.08 bits per heavy atom. The van der Waals surface area contributed by atoms with Crippen molar-refractivity contribution in [2.45, 2.75) is 84.4 Å². The number of nitrogens with one attached hydrogen (secondary N) is 2. The van der Waals surface area contributed by atoms with Crippen molar-refractivity contribution < 1.29 is 29.0 Å². The molecular weight excluding hydrogens is 474 g/mol. The largest absolute Gasteiger partial charge is 0.444 e. The molecule has 1 aromatic carbocycles. The van der Waals surface area contributed by atoms with Crippen LogP contribution in [-0.2, 0) is 25.5 Å². The highest BCUT2D eigenvalue weighted by Gasteiger charge is 2.34. The molecule has 0 aromatic heterocycles. The van der Waals surface area contributed by atoms with E-state index >= 15 is 0 Å². The number of hydrogen-bond acceptors (Lipinski definition) is 6. The average Bonchev–Trinajstić information content (AvgIpc) is 2.88. The van der Waals surface area contributed by atoms with Gasteiger partial charge in [0.15, 0.2) is 5.78 Å². The molecular formula is C28H43N3O6. The predicted molar refractivity (Wildman–Crippen MR) is 141 cm³/mol. The molecule has 1 aliphatic heterocycles. The lowest BCUT2D eigenvalue weighted by Crippen LogP contribution is -2.56. The lowest BCUT2D eigenvalue weighted by molar-refractivity contribution is -0.135. The standard InChI is InChI=1S/C28H43N3O6/c1-6-19(2)24(26(35)29-22(23(33)18-32)13-12-20-10-8-7-9-11-20)30-25(34)21-14-16-31(17-15-21)27(36)37-28(3,4)5/h7-11,19,21-22,24,32H,6,12-18H2,1-5H3,(H,29,35)(H,30,34)/t19-,22?,24?/m0/s1. The summed E-state index contributed by atoms with van der Waals surface area (Å²) in [4.78, 5) is 52.6. The number of aliphatic hydroxyl groups is 1. The highest BCUT2D eigenvalue weighted by molar-refractivity contribution is 5.93. The Bertz CT molecular complexity index is 906. The van der Waals surface area contributed by atoms with Crippen molar-refractivity contribution in [2.75, 3.05) is 19.7 Å². The zero-order valence-corrected chi connectivity index (χ0v) is 22.8. The number of ketones is 1. The van der Waals surface area contributed by atoms with Gasteiger partial charge in [-0.2, -0.15) is 0 Å². The molecule has 9 nitrogen and oxygen atoms in total. The Hall–Kier alpha value is -2.94. The van der Waals surface area contributed by atoms with Crippen LogP contribution >= 0.6 is 0 Å². The first-order valence-electron chi connectivity index (χ1n) is 13.2. The quantitative estimate of drug-likeness (QED) is 0.415. The number of aliphatic hydroxyl groups excluding tert-OH is 1. The van der Waals surface area contributed by atoms with Gasteiger partial charge in [0.1, 0.15) is 18.2 Å². The van der Waals surface area contributed by atoms with E-state index in [4.69, 9.17) is 4.74 Å². The van der Waals surface area contributed by atoms with Crippen LogP contribution in [0.3, 0.4) is 0 Å². The van der Waals surface area contributed by atoms with Crippen molar-refractivity contribution in [1.82, 2.24) is 15.5 Å². The van der Waals surface area contributed by atoms with Crippen molar-refractivity contribution in [1.29, 1.82) is 0 Å². The number of rotatable bonds is 11. The summed E-state index contributed by atoms with van der Waals surface area (Å²) in [5, 5.41) is 15.1. The fourth-order valence-electron chi connectivity index (χ4n) is 4.26. The fourth-order valence-corrected chi connectivity index (χ4v) is 4.26. The first kappa shape index (κ1) is 30.3. The van der Waals surface area contributed by atoms with E-state index in [2.05, 4.69) is 10.6 Å². The second kappa shape index (κ2) is 14.1. The van der Waals surface area contributed by atoms with E-state index in [-0.39, 0.29) is 17.7 Å². The SMILES string of the molecule is CC[C@H](C)C(NC(=O)C1CCN(C(=O)OC(C)(C)C)CC1)C(=O)NC(CCc1ccccc1)C(=O)CO. The maximum absolute atomic E-state index is 13.2. The number of aryl methyl sites for hydroxylation is 1. The summed E-state index contributed by atoms with van der Waals surface area (Å²) in [6.45, 7) is 9.38. The van der Waals surface area contributed by atoms with E-state index in [9.17, 15) is 24.3 Å². The van der Waals surface area contributed by atoms with Gasteiger partial charge in [0.2, 0.25) is 11.8 Å². The highest BCUT2D eigenvalue weighted by Crippen LogP contribution is 2.21. The predicted octanol–water partition coefficient (Wildman–Crippen LogP) is 2.84. The van der Waals surface area contributed by atoms with Crippen LogP contribution in [0.4, 0.5) is 4.79 Å². The third-order valence-corrected chi connectivity index (χ3v) is 6.74. The van der Waals surface area contributed by atoms with Crippen LogP contribution in [0.5, 0.6) is 0 Å². The van der Waals surface area contributed by atoms with Crippen molar-refractivity contribution in [3.05, 3.63) is 35.9 Å². The molecule has 1 heterocycles. The van der Waals surface area contributed by atoms with Crippen LogP contribution in [-0.4, -0.2) is 71.1 Å². The molecule has 0 radical (unpaired) electrons. The van der Waals surface area contributed by atoms with E-state index in [1.165, 1.54) is 0 Å². The van der Waals surface area contributed by atoms with Gasteiger partial charge in [-0.05, 0) is 57.9 Å². The lowest BCUT2D eigenvalue weighted by Gasteiger charge is -2.34. The Labute approximate surface area is 220 Å². The molecule has 3 amide bonds. The molecule has 0 saturated carbocycles. The molecule has 1 fully saturated rings. The minimum absolute atomic E-state index is 0.162. The Balaban J connectivity index is 1.99. The van der Waals surface area contributed by atoms with Crippen molar-refractivity contribution in [3.8, 4) is 0 Å². The summed E-state index contributed by atoms with van der Waals surface area (Å²) < 4.78 is 5.42. The number of amides is 3. The van der Waals surface area contributed by atoms with E-state index < -0.39 is 42.1 Å². The van der Waals surface area contributed by atoms with Crippen LogP contribution in [0.25, 0.3) is 0 Å². The summed E-state index contributed by atoms with van der Waals surface area (Å²) in [5.41, 5.74) is 0.440.